The van der Waals surface area contributed by atoms with Crippen molar-refractivity contribution >= 4 is 27.6 Å². The van der Waals surface area contributed by atoms with Gasteiger partial charge in [-0.15, -0.1) is 0 Å². The van der Waals surface area contributed by atoms with Crippen LogP contribution in [0.15, 0.2) is 10.5 Å². The maximum absolute atomic E-state index is 10.5. The van der Waals surface area contributed by atoms with E-state index in [1.807, 2.05) is 0 Å². The molecule has 0 aliphatic carbocycles. The predicted molar refractivity (Wildman–Crippen MR) is 35.2 cm³/mol. The second-order valence-corrected chi connectivity index (χ2v) is 2.14. The summed E-state index contributed by atoms with van der Waals surface area (Å²) in [6, 6.07) is 0. The quantitative estimate of drug-likeness (QED) is 0.294. The zero-order chi connectivity index (χ0) is 7.44. The van der Waals surface area contributed by atoms with Crippen LogP contribution in [-0.2, 0) is 32.0 Å². The Kier molecular flexibility index (Phi) is 7.88. The van der Waals surface area contributed by atoms with Gasteiger partial charge in [0.05, 0.1) is 0 Å². The first-order valence-electron chi connectivity index (χ1n) is 2.43. The number of hydrogen-bond acceptors (Lipinski definition) is 2. The zero-order valence-electron chi connectivity index (χ0n) is 5.60. The van der Waals surface area contributed by atoms with Crippen LogP contribution in [0.5, 0.6) is 0 Å². The Morgan fingerprint density at radius 3 is 1.50 bits per heavy atom. The van der Waals surface area contributed by atoms with E-state index in [0.717, 1.165) is 0 Å². The third kappa shape index (κ3) is 4.20. The van der Waals surface area contributed by atoms with Crippen molar-refractivity contribution < 1.29 is 32.0 Å². The number of allylic oxidation sites excluding steroid dienone is 1. The van der Waals surface area contributed by atoms with Crippen molar-refractivity contribution in [2.24, 2.45) is 0 Å². The summed E-state index contributed by atoms with van der Waals surface area (Å²) in [6.07, 6.45) is 0. The molecule has 0 aromatic carbocycles. The molecule has 0 aliphatic heterocycles. The van der Waals surface area contributed by atoms with Crippen LogP contribution in [0.1, 0.15) is 13.8 Å². The number of ketones is 2. The van der Waals surface area contributed by atoms with E-state index in [4.69, 9.17) is 0 Å². The minimum Gasteiger partial charge on any atom is 0 e. The van der Waals surface area contributed by atoms with Crippen LogP contribution in [-0.4, -0.2) is 27.6 Å². The summed E-state index contributed by atoms with van der Waals surface area (Å²) in [5.74, 6) is -0.387. The molecule has 0 N–H and O–H groups in total. The van der Waals surface area contributed by atoms with Gasteiger partial charge in [-0.2, -0.15) is 0 Å². The minimum absolute atomic E-state index is 0. The zero-order valence-corrected chi connectivity index (χ0v) is 9.48. The topological polar surface area (TPSA) is 34.1 Å². The van der Waals surface area contributed by atoms with E-state index in [-0.39, 0.29) is 39.5 Å². The largest absolute Gasteiger partial charge is 0 e. The van der Waals surface area contributed by atoms with Crippen LogP contribution in [0.4, 0.5) is 0 Å². The smallest absolute Gasteiger partial charge is 0 e. The Labute approximate surface area is 83.8 Å². The summed E-state index contributed by atoms with van der Waals surface area (Å²) in [4.78, 5) is 22.4. The van der Waals surface area contributed by atoms with Crippen molar-refractivity contribution in [1.82, 2.24) is 0 Å². The second kappa shape index (κ2) is 6.08. The van der Waals surface area contributed by atoms with Gasteiger partial charge < -0.3 is 0 Å². The Hall–Kier alpha value is 0.340. The molecule has 0 saturated carbocycles. The molecule has 0 fully saturated rings. The van der Waals surface area contributed by atoms with Crippen molar-refractivity contribution in [3.05, 3.63) is 10.5 Å². The second-order valence-electron chi connectivity index (χ2n) is 1.64. The summed E-state index contributed by atoms with van der Waals surface area (Å²) in [6.45, 7) is 2.73. The van der Waals surface area contributed by atoms with E-state index < -0.39 is 0 Å². The molecule has 0 aromatic heterocycles. The molecule has 2 nitrogen and oxygen atoms in total. The molecule has 0 bridgehead atoms. The average Bonchev–Trinajstić information content (AvgIpc) is 1.64. The molecule has 10 heavy (non-hydrogen) atoms. The van der Waals surface area contributed by atoms with Crippen LogP contribution in [0.25, 0.3) is 0 Å². The number of carbonyl (C=O) groups is 2. The van der Waals surface area contributed by atoms with Gasteiger partial charge >= 0.3 is 61.6 Å². The van der Waals surface area contributed by atoms with Gasteiger partial charge in [0, 0.05) is 22.4 Å². The maximum atomic E-state index is 10.5. The van der Waals surface area contributed by atoms with Crippen LogP contribution < -0.4 is 0 Å². The predicted octanol–water partition coefficient (Wildman–Crippen LogP) is 0.214. The molecule has 0 heterocycles. The molecule has 0 aliphatic rings. The van der Waals surface area contributed by atoms with Crippen LogP contribution >= 0.6 is 0 Å². The van der Waals surface area contributed by atoms with Gasteiger partial charge in [0.15, 0.2) is 0 Å². The van der Waals surface area contributed by atoms with E-state index in [0.29, 0.717) is 0 Å². The number of hydrogen-bond donors (Lipinski definition) is 0. The monoisotopic (exact) mass is 388 g/mol. The molecule has 60 valence electrons. The van der Waals surface area contributed by atoms with Crippen molar-refractivity contribution in [3.8, 4) is 0 Å². The van der Waals surface area contributed by atoms with Gasteiger partial charge in [0.2, 0.25) is 0 Å². The first-order chi connectivity index (χ1) is 4.09. The fourth-order valence-electron chi connectivity index (χ4n) is 0.414. The van der Waals surface area contributed by atoms with Gasteiger partial charge in [-0.3, -0.25) is 0 Å². The Morgan fingerprint density at radius 1 is 1.20 bits per heavy atom. The van der Waals surface area contributed by atoms with Crippen LogP contribution in [0, 0.1) is 0 Å². The maximum Gasteiger partial charge on any atom is 0 e. The Bertz CT molecular complexity index is 159. The SMILES string of the molecule is CC(=O)C(=C[Se])C(C)=O.[Au]. The van der Waals surface area contributed by atoms with E-state index in [2.05, 4.69) is 16.0 Å². The van der Waals surface area contributed by atoms with Crippen molar-refractivity contribution in [1.29, 1.82) is 0 Å². The van der Waals surface area contributed by atoms with Gasteiger partial charge in [0.1, 0.15) is 0 Å². The Balaban J connectivity index is 0. The first-order valence-corrected chi connectivity index (χ1v) is 3.42. The van der Waals surface area contributed by atoms with Crippen molar-refractivity contribution in [2.45, 2.75) is 13.8 Å². The molecule has 4 heteroatoms. The van der Waals surface area contributed by atoms with Gasteiger partial charge in [-0.25, -0.2) is 0 Å². The summed E-state index contributed by atoms with van der Waals surface area (Å²) in [5, 5.41) is 0. The third-order valence-electron chi connectivity index (χ3n) is 0.876. The number of rotatable bonds is 2. The molecule has 0 saturated heterocycles. The number of Topliss-reactive ketones (excluding diaryl/α,β-unsaturated/α-hetero) is 2. The molecule has 0 atom stereocenters. The first kappa shape index (κ1) is 13.0. The average molecular weight is 387 g/mol. The van der Waals surface area contributed by atoms with Crippen LogP contribution in [0.3, 0.4) is 0 Å². The molecule has 2 radical (unpaired) electrons. The Morgan fingerprint density at radius 2 is 1.50 bits per heavy atom. The summed E-state index contributed by atoms with van der Waals surface area (Å²) < 4.78 is 0. The normalized spacial score (nSPS) is 7.40. The van der Waals surface area contributed by atoms with Crippen LogP contribution in [0.2, 0.25) is 0 Å². The fourth-order valence-corrected chi connectivity index (χ4v) is 1.11. The van der Waals surface area contributed by atoms with E-state index in [9.17, 15) is 9.59 Å². The van der Waals surface area contributed by atoms with Gasteiger partial charge in [-0.05, 0) is 0 Å². The summed E-state index contributed by atoms with van der Waals surface area (Å²) >= 11 is 2.50. The minimum atomic E-state index is -0.193. The number of carbonyl (C=O) groups excluding carboxylic acids is 2. The summed E-state index contributed by atoms with van der Waals surface area (Å²) in [7, 11) is 0. The standard InChI is InChI=1S/C6H7O2Se.Au/c1-4(7)6(3-9)5(2)8;/h3H,1-2H3;. The fraction of sp³-hybridized carbons (Fsp3) is 0.333. The molecule has 0 spiro atoms. The molecule has 0 unspecified atom stereocenters. The van der Waals surface area contributed by atoms with Crippen molar-refractivity contribution in [3.63, 3.8) is 0 Å². The van der Waals surface area contributed by atoms with Gasteiger partial charge in [0.25, 0.3) is 0 Å². The molecular weight excluding hydrogens is 380 g/mol. The molecule has 0 aromatic rings. The van der Waals surface area contributed by atoms with E-state index in [1.165, 1.54) is 18.8 Å². The van der Waals surface area contributed by atoms with Crippen molar-refractivity contribution in [2.75, 3.05) is 0 Å². The van der Waals surface area contributed by atoms with Gasteiger partial charge in [-0.1, -0.05) is 0 Å². The third-order valence-corrected chi connectivity index (χ3v) is 1.37. The van der Waals surface area contributed by atoms with E-state index in [1.54, 1.807) is 0 Å². The molecular formula is C6H7AuO2Se. The van der Waals surface area contributed by atoms with E-state index >= 15 is 0 Å². The summed E-state index contributed by atoms with van der Waals surface area (Å²) in [5.41, 5.74) is 0.231. The molecule has 0 amide bonds. The molecule has 0 rings (SSSR count).